The molecule has 0 aromatic rings. The van der Waals surface area contributed by atoms with E-state index < -0.39 is 0 Å². The maximum atomic E-state index is 9.38. The van der Waals surface area contributed by atoms with Crippen molar-refractivity contribution in [1.82, 2.24) is 0 Å². The summed E-state index contributed by atoms with van der Waals surface area (Å²) in [6.07, 6.45) is 3.16. The normalized spacial score (nSPS) is 32.8. The summed E-state index contributed by atoms with van der Waals surface area (Å²) >= 11 is 0. The highest BCUT2D eigenvalue weighted by molar-refractivity contribution is 5.12. The number of hydrogen-bond acceptors (Lipinski definition) is 2. The van der Waals surface area contributed by atoms with Gasteiger partial charge in [-0.3, -0.25) is 0 Å². The van der Waals surface area contributed by atoms with Crippen LogP contribution in [0, 0.1) is 17.3 Å². The second kappa shape index (κ2) is 3.81. The molecule has 0 saturated carbocycles. The Labute approximate surface area is 80.3 Å². The van der Waals surface area contributed by atoms with Crippen LogP contribution < -0.4 is 0 Å². The first-order chi connectivity index (χ1) is 6.06. The third-order valence-electron chi connectivity index (χ3n) is 3.64. The summed E-state index contributed by atoms with van der Waals surface area (Å²) in [6.45, 7) is 6.46. The Morgan fingerprint density at radius 2 is 1.92 bits per heavy atom. The van der Waals surface area contributed by atoms with E-state index in [0.29, 0.717) is 5.92 Å². The predicted octanol–water partition coefficient (Wildman–Crippen LogP) is 1.58. The van der Waals surface area contributed by atoms with E-state index in [-0.39, 0.29) is 24.5 Å². The lowest BCUT2D eigenvalue weighted by Gasteiger charge is -2.43. The van der Waals surface area contributed by atoms with E-state index in [4.69, 9.17) is 0 Å². The molecule has 76 valence electrons. The van der Waals surface area contributed by atoms with Crippen molar-refractivity contribution in [3.63, 3.8) is 0 Å². The SMILES string of the molecule is CC1=C[C@H](C)C(CO)(CO)[C@H](C)C1. The molecule has 2 heteroatoms. The predicted molar refractivity (Wildman–Crippen MR) is 53.3 cm³/mol. The van der Waals surface area contributed by atoms with Crippen LogP contribution in [0.1, 0.15) is 27.2 Å². The average molecular weight is 184 g/mol. The van der Waals surface area contributed by atoms with Gasteiger partial charge < -0.3 is 10.2 Å². The van der Waals surface area contributed by atoms with Crippen LogP contribution in [0.5, 0.6) is 0 Å². The highest BCUT2D eigenvalue weighted by atomic mass is 16.3. The van der Waals surface area contributed by atoms with Gasteiger partial charge in [0.25, 0.3) is 0 Å². The first-order valence-electron chi connectivity index (χ1n) is 4.96. The van der Waals surface area contributed by atoms with Crippen LogP contribution in [0.4, 0.5) is 0 Å². The van der Waals surface area contributed by atoms with E-state index in [0.717, 1.165) is 6.42 Å². The molecular weight excluding hydrogens is 164 g/mol. The lowest BCUT2D eigenvalue weighted by molar-refractivity contribution is -0.0245. The van der Waals surface area contributed by atoms with E-state index in [2.05, 4.69) is 26.8 Å². The van der Waals surface area contributed by atoms with Crippen LogP contribution >= 0.6 is 0 Å². The van der Waals surface area contributed by atoms with Crippen molar-refractivity contribution in [3.05, 3.63) is 11.6 Å². The Morgan fingerprint density at radius 1 is 1.38 bits per heavy atom. The molecule has 0 radical (unpaired) electrons. The highest BCUT2D eigenvalue weighted by Crippen LogP contribution is 2.43. The summed E-state index contributed by atoms with van der Waals surface area (Å²) in [5, 5.41) is 18.8. The fourth-order valence-electron chi connectivity index (χ4n) is 2.45. The van der Waals surface area contributed by atoms with Crippen LogP contribution in [0.3, 0.4) is 0 Å². The van der Waals surface area contributed by atoms with Gasteiger partial charge in [0.05, 0.1) is 13.2 Å². The van der Waals surface area contributed by atoms with Crippen molar-refractivity contribution in [2.75, 3.05) is 13.2 Å². The lowest BCUT2D eigenvalue weighted by Crippen LogP contribution is -2.44. The largest absolute Gasteiger partial charge is 0.396 e. The molecule has 2 nitrogen and oxygen atoms in total. The standard InChI is InChI=1S/C11H20O2/c1-8-4-9(2)11(6-12,7-13)10(3)5-8/h4,9-10,12-13H,5-7H2,1-3H3/t9-,10+/m0/s1. The zero-order valence-electron chi connectivity index (χ0n) is 8.75. The Bertz CT molecular complexity index is 204. The Balaban J connectivity index is 2.96. The zero-order valence-corrected chi connectivity index (χ0v) is 8.75. The number of aliphatic hydroxyl groups excluding tert-OH is 2. The molecule has 2 atom stereocenters. The zero-order chi connectivity index (χ0) is 10.1. The summed E-state index contributed by atoms with van der Waals surface area (Å²) < 4.78 is 0. The van der Waals surface area contributed by atoms with Gasteiger partial charge in [0.1, 0.15) is 0 Å². The van der Waals surface area contributed by atoms with Crippen LogP contribution in [-0.2, 0) is 0 Å². The minimum atomic E-state index is -0.306. The molecule has 1 rings (SSSR count). The van der Waals surface area contributed by atoms with E-state index >= 15 is 0 Å². The van der Waals surface area contributed by atoms with E-state index in [9.17, 15) is 10.2 Å². The molecule has 1 aliphatic carbocycles. The molecule has 0 saturated heterocycles. The summed E-state index contributed by atoms with van der Waals surface area (Å²) in [6, 6.07) is 0. The first kappa shape index (κ1) is 10.7. The Kier molecular flexibility index (Phi) is 3.14. The number of hydrogen-bond donors (Lipinski definition) is 2. The van der Waals surface area contributed by atoms with Crippen LogP contribution in [0.2, 0.25) is 0 Å². The topological polar surface area (TPSA) is 40.5 Å². The molecule has 0 unspecified atom stereocenters. The van der Waals surface area contributed by atoms with E-state index in [1.54, 1.807) is 0 Å². The fraction of sp³-hybridized carbons (Fsp3) is 0.818. The van der Waals surface area contributed by atoms with Crippen molar-refractivity contribution in [2.45, 2.75) is 27.2 Å². The van der Waals surface area contributed by atoms with Crippen LogP contribution in [0.15, 0.2) is 11.6 Å². The van der Waals surface area contributed by atoms with Crippen molar-refractivity contribution in [1.29, 1.82) is 0 Å². The van der Waals surface area contributed by atoms with Crippen molar-refractivity contribution in [3.8, 4) is 0 Å². The van der Waals surface area contributed by atoms with Gasteiger partial charge in [-0.25, -0.2) is 0 Å². The molecule has 13 heavy (non-hydrogen) atoms. The molecule has 0 bridgehead atoms. The second-order valence-corrected chi connectivity index (χ2v) is 4.46. The fourth-order valence-corrected chi connectivity index (χ4v) is 2.45. The molecule has 0 aromatic carbocycles. The lowest BCUT2D eigenvalue weighted by atomic mass is 9.63. The van der Waals surface area contributed by atoms with Crippen molar-refractivity contribution in [2.24, 2.45) is 17.3 Å². The van der Waals surface area contributed by atoms with Crippen LogP contribution in [-0.4, -0.2) is 23.4 Å². The molecular formula is C11H20O2. The molecule has 0 spiro atoms. The molecule has 0 aliphatic heterocycles. The summed E-state index contributed by atoms with van der Waals surface area (Å²) in [4.78, 5) is 0. The summed E-state index contributed by atoms with van der Waals surface area (Å²) in [5.41, 5.74) is 1.07. The quantitative estimate of drug-likeness (QED) is 0.640. The number of aliphatic hydroxyl groups is 2. The minimum Gasteiger partial charge on any atom is -0.396 e. The van der Waals surface area contributed by atoms with Gasteiger partial charge in [0, 0.05) is 5.41 Å². The molecule has 0 amide bonds. The minimum absolute atomic E-state index is 0.0790. The van der Waals surface area contributed by atoms with Crippen LogP contribution in [0.25, 0.3) is 0 Å². The summed E-state index contributed by atoms with van der Waals surface area (Å²) in [7, 11) is 0. The van der Waals surface area contributed by atoms with Gasteiger partial charge in [-0.2, -0.15) is 0 Å². The smallest absolute Gasteiger partial charge is 0.0517 e. The number of allylic oxidation sites excluding steroid dienone is 2. The third kappa shape index (κ3) is 1.65. The monoisotopic (exact) mass is 184 g/mol. The Hall–Kier alpha value is -0.340. The van der Waals surface area contributed by atoms with Gasteiger partial charge >= 0.3 is 0 Å². The van der Waals surface area contributed by atoms with Crippen molar-refractivity contribution < 1.29 is 10.2 Å². The summed E-state index contributed by atoms with van der Waals surface area (Å²) in [5.74, 6) is 0.633. The first-order valence-corrected chi connectivity index (χ1v) is 4.96. The molecule has 0 heterocycles. The van der Waals surface area contributed by atoms with E-state index in [1.165, 1.54) is 5.57 Å². The van der Waals surface area contributed by atoms with E-state index in [1.807, 2.05) is 0 Å². The van der Waals surface area contributed by atoms with Gasteiger partial charge in [-0.1, -0.05) is 25.5 Å². The number of rotatable bonds is 2. The molecule has 1 aliphatic rings. The van der Waals surface area contributed by atoms with Gasteiger partial charge in [-0.05, 0) is 25.2 Å². The van der Waals surface area contributed by atoms with Gasteiger partial charge in [0.15, 0.2) is 0 Å². The van der Waals surface area contributed by atoms with Gasteiger partial charge in [0.2, 0.25) is 0 Å². The molecule has 2 N–H and O–H groups in total. The maximum Gasteiger partial charge on any atom is 0.0517 e. The Morgan fingerprint density at radius 3 is 2.31 bits per heavy atom. The molecule has 0 fully saturated rings. The second-order valence-electron chi connectivity index (χ2n) is 4.46. The maximum absolute atomic E-state index is 9.38. The average Bonchev–Trinajstić information content (AvgIpc) is 2.05. The van der Waals surface area contributed by atoms with Gasteiger partial charge in [-0.15, -0.1) is 0 Å². The highest BCUT2D eigenvalue weighted by Gasteiger charge is 2.41. The molecule has 0 aromatic heterocycles. The third-order valence-corrected chi connectivity index (χ3v) is 3.64. The van der Waals surface area contributed by atoms with Crippen molar-refractivity contribution >= 4 is 0 Å².